The molecular formula is C21H15N3O4S. The highest BCUT2D eigenvalue weighted by Gasteiger charge is 2.18. The Labute approximate surface area is 169 Å². The number of amides is 2. The Kier molecular flexibility index (Phi) is 4.25. The van der Waals surface area contributed by atoms with Crippen molar-refractivity contribution < 1.29 is 18.7 Å². The van der Waals surface area contributed by atoms with Gasteiger partial charge in [-0.2, -0.15) is 0 Å². The van der Waals surface area contributed by atoms with E-state index < -0.39 is 0 Å². The predicted octanol–water partition coefficient (Wildman–Crippen LogP) is 3.82. The molecule has 2 aromatic carbocycles. The molecule has 3 heterocycles. The van der Waals surface area contributed by atoms with E-state index in [1.54, 1.807) is 29.5 Å². The Bertz CT molecular complexity index is 1210. The number of nitrogens with zero attached hydrogens (tertiary/aromatic N) is 1. The fourth-order valence-electron chi connectivity index (χ4n) is 3.05. The van der Waals surface area contributed by atoms with E-state index in [9.17, 15) is 9.59 Å². The first-order chi connectivity index (χ1) is 14.2. The van der Waals surface area contributed by atoms with Crippen LogP contribution < -0.4 is 15.4 Å². The van der Waals surface area contributed by atoms with Crippen molar-refractivity contribution in [1.82, 2.24) is 10.3 Å². The Hall–Kier alpha value is -3.65. The number of anilines is 1. The van der Waals surface area contributed by atoms with E-state index in [-0.39, 0.29) is 25.0 Å². The van der Waals surface area contributed by atoms with Gasteiger partial charge < -0.3 is 19.8 Å². The summed E-state index contributed by atoms with van der Waals surface area (Å²) in [5.74, 6) is 1.32. The van der Waals surface area contributed by atoms with Gasteiger partial charge in [0.1, 0.15) is 11.5 Å². The van der Waals surface area contributed by atoms with Gasteiger partial charge in [-0.3, -0.25) is 9.59 Å². The number of hydrogen-bond acceptors (Lipinski definition) is 6. The van der Waals surface area contributed by atoms with Gasteiger partial charge >= 0.3 is 0 Å². The summed E-state index contributed by atoms with van der Waals surface area (Å²) in [7, 11) is 0. The molecule has 0 fully saturated rings. The molecule has 2 aromatic heterocycles. The van der Waals surface area contributed by atoms with Crippen molar-refractivity contribution in [2.75, 3.05) is 11.9 Å². The number of aromatic nitrogens is 1. The molecule has 0 saturated heterocycles. The summed E-state index contributed by atoms with van der Waals surface area (Å²) in [6, 6.07) is 16.5. The molecule has 1 aliphatic rings. The van der Waals surface area contributed by atoms with Crippen LogP contribution in [0.25, 0.3) is 21.0 Å². The average molecular weight is 405 g/mol. The van der Waals surface area contributed by atoms with Crippen LogP contribution in [0, 0.1) is 0 Å². The number of thiazole rings is 1. The van der Waals surface area contributed by atoms with Crippen LogP contribution in [0.2, 0.25) is 0 Å². The summed E-state index contributed by atoms with van der Waals surface area (Å²) in [4.78, 5) is 28.4. The van der Waals surface area contributed by atoms with Gasteiger partial charge in [-0.1, -0.05) is 12.1 Å². The molecule has 0 radical (unpaired) electrons. The molecule has 0 unspecified atom stereocenters. The first-order valence-corrected chi connectivity index (χ1v) is 9.77. The second-order valence-corrected chi connectivity index (χ2v) is 7.51. The van der Waals surface area contributed by atoms with Gasteiger partial charge in [-0.25, -0.2) is 4.98 Å². The van der Waals surface area contributed by atoms with Gasteiger partial charge in [0.15, 0.2) is 17.4 Å². The smallest absolute Gasteiger partial charge is 0.262 e. The molecule has 7 nitrogen and oxygen atoms in total. The molecule has 5 rings (SSSR count). The molecular weight excluding hydrogens is 390 g/mol. The number of para-hydroxylation sites is 1. The molecule has 0 bridgehead atoms. The summed E-state index contributed by atoms with van der Waals surface area (Å²) in [5, 5.41) is 6.33. The number of nitrogens with one attached hydrogen (secondary N) is 2. The fourth-order valence-corrected chi connectivity index (χ4v) is 3.98. The summed E-state index contributed by atoms with van der Waals surface area (Å²) >= 11 is 1.56. The lowest BCUT2D eigenvalue weighted by Crippen LogP contribution is -2.26. The Morgan fingerprint density at radius 3 is 2.97 bits per heavy atom. The van der Waals surface area contributed by atoms with Crippen LogP contribution in [0.15, 0.2) is 59.0 Å². The zero-order valence-electron chi connectivity index (χ0n) is 15.1. The number of carbonyl (C=O) groups excluding carboxylic acids is 2. The Morgan fingerprint density at radius 2 is 2.07 bits per heavy atom. The molecule has 0 saturated carbocycles. The number of rotatable bonds is 4. The zero-order chi connectivity index (χ0) is 19.8. The maximum absolute atomic E-state index is 12.5. The highest BCUT2D eigenvalue weighted by molar-refractivity contribution is 7.21. The highest BCUT2D eigenvalue weighted by atomic mass is 32.1. The SMILES string of the molecule is O=C1COc2cc(C(=O)NCc3ccc(-c4nc5ccccc5s4)o3)ccc2N1. The van der Waals surface area contributed by atoms with E-state index in [0.29, 0.717) is 28.5 Å². The third-order valence-electron chi connectivity index (χ3n) is 4.47. The highest BCUT2D eigenvalue weighted by Crippen LogP contribution is 2.31. The van der Waals surface area contributed by atoms with Crippen molar-refractivity contribution in [3.8, 4) is 16.5 Å². The van der Waals surface area contributed by atoms with Gasteiger partial charge in [-0.05, 0) is 42.5 Å². The number of furan rings is 1. The first kappa shape index (κ1) is 17.4. The topological polar surface area (TPSA) is 93.5 Å². The average Bonchev–Trinajstić information content (AvgIpc) is 3.38. The lowest BCUT2D eigenvalue weighted by molar-refractivity contribution is -0.118. The van der Waals surface area contributed by atoms with Crippen LogP contribution in [0.1, 0.15) is 16.1 Å². The molecule has 0 aliphatic carbocycles. The van der Waals surface area contributed by atoms with Crippen LogP contribution in [0.4, 0.5) is 5.69 Å². The monoisotopic (exact) mass is 405 g/mol. The van der Waals surface area contributed by atoms with E-state index in [0.717, 1.165) is 15.2 Å². The molecule has 29 heavy (non-hydrogen) atoms. The molecule has 0 atom stereocenters. The minimum absolute atomic E-state index is 0.0565. The van der Waals surface area contributed by atoms with Crippen LogP contribution >= 0.6 is 11.3 Å². The summed E-state index contributed by atoms with van der Waals surface area (Å²) in [6.07, 6.45) is 0. The van der Waals surface area contributed by atoms with Crippen molar-refractivity contribution in [3.63, 3.8) is 0 Å². The molecule has 1 aliphatic heterocycles. The van der Waals surface area contributed by atoms with Crippen molar-refractivity contribution in [2.24, 2.45) is 0 Å². The molecule has 0 spiro atoms. The van der Waals surface area contributed by atoms with Gasteiger partial charge in [0.05, 0.1) is 22.4 Å². The third kappa shape index (κ3) is 3.45. The minimum Gasteiger partial charge on any atom is -0.482 e. The van der Waals surface area contributed by atoms with Crippen molar-refractivity contribution >= 4 is 39.1 Å². The molecule has 2 amide bonds. The Balaban J connectivity index is 1.27. The van der Waals surface area contributed by atoms with Gasteiger partial charge in [0, 0.05) is 5.56 Å². The van der Waals surface area contributed by atoms with E-state index in [1.807, 2.05) is 36.4 Å². The van der Waals surface area contributed by atoms with E-state index in [2.05, 4.69) is 15.6 Å². The summed E-state index contributed by atoms with van der Waals surface area (Å²) < 4.78 is 12.3. The van der Waals surface area contributed by atoms with E-state index in [4.69, 9.17) is 9.15 Å². The number of fused-ring (bicyclic) bond motifs is 2. The van der Waals surface area contributed by atoms with E-state index >= 15 is 0 Å². The van der Waals surface area contributed by atoms with Gasteiger partial charge in [0.25, 0.3) is 11.8 Å². The normalized spacial score (nSPS) is 12.9. The van der Waals surface area contributed by atoms with E-state index in [1.165, 1.54) is 0 Å². The van der Waals surface area contributed by atoms with Gasteiger partial charge in [-0.15, -0.1) is 11.3 Å². The fraction of sp³-hybridized carbons (Fsp3) is 0.0952. The molecule has 2 N–H and O–H groups in total. The maximum atomic E-state index is 12.5. The first-order valence-electron chi connectivity index (χ1n) is 8.95. The van der Waals surface area contributed by atoms with Crippen LogP contribution in [-0.4, -0.2) is 23.4 Å². The van der Waals surface area contributed by atoms with Crippen LogP contribution in [0.5, 0.6) is 5.75 Å². The van der Waals surface area contributed by atoms with Gasteiger partial charge in [0.2, 0.25) is 0 Å². The predicted molar refractivity (Wildman–Crippen MR) is 109 cm³/mol. The quantitative estimate of drug-likeness (QED) is 0.538. The summed E-state index contributed by atoms with van der Waals surface area (Å²) in [6.45, 7) is 0.192. The largest absolute Gasteiger partial charge is 0.482 e. The lowest BCUT2D eigenvalue weighted by atomic mass is 10.1. The van der Waals surface area contributed by atoms with Crippen molar-refractivity contribution in [2.45, 2.75) is 6.54 Å². The molecule has 4 aromatic rings. The van der Waals surface area contributed by atoms with Crippen molar-refractivity contribution in [1.29, 1.82) is 0 Å². The number of carbonyl (C=O) groups is 2. The minimum atomic E-state index is -0.258. The lowest BCUT2D eigenvalue weighted by Gasteiger charge is -2.18. The standard InChI is InChI=1S/C21H15N3O4S/c25-19-11-27-17-9-12(5-7-14(17)23-19)20(26)22-10-13-6-8-16(28-13)21-24-15-3-1-2-4-18(15)29-21/h1-9H,10-11H2,(H,22,26)(H,23,25). The molecule has 144 valence electrons. The Morgan fingerprint density at radius 1 is 1.17 bits per heavy atom. The zero-order valence-corrected chi connectivity index (χ0v) is 15.9. The number of hydrogen-bond donors (Lipinski definition) is 2. The maximum Gasteiger partial charge on any atom is 0.262 e. The second-order valence-electron chi connectivity index (χ2n) is 6.48. The van der Waals surface area contributed by atoms with Crippen LogP contribution in [-0.2, 0) is 11.3 Å². The van der Waals surface area contributed by atoms with Crippen LogP contribution in [0.3, 0.4) is 0 Å². The second kappa shape index (κ2) is 7.06. The number of benzene rings is 2. The summed E-state index contributed by atoms with van der Waals surface area (Å²) in [5.41, 5.74) is 1.94. The molecule has 8 heteroatoms. The number of ether oxygens (including phenoxy) is 1. The van der Waals surface area contributed by atoms with Crippen molar-refractivity contribution in [3.05, 3.63) is 65.9 Å². The third-order valence-corrected chi connectivity index (χ3v) is 5.52.